The van der Waals surface area contributed by atoms with Crippen LogP contribution < -0.4 is 5.63 Å². The molecule has 2 aromatic carbocycles. The van der Waals surface area contributed by atoms with E-state index in [0.29, 0.717) is 17.4 Å². The van der Waals surface area contributed by atoms with Crippen molar-refractivity contribution in [2.45, 2.75) is 6.42 Å². The van der Waals surface area contributed by atoms with E-state index < -0.39 is 5.63 Å². The van der Waals surface area contributed by atoms with Crippen LogP contribution in [0.5, 0.6) is 5.75 Å². The number of hydrogen-bond donors (Lipinski definition) is 1. The Morgan fingerprint density at radius 2 is 1.91 bits per heavy atom. The van der Waals surface area contributed by atoms with Gasteiger partial charge in [0.05, 0.1) is 11.8 Å². The van der Waals surface area contributed by atoms with Crippen LogP contribution in [-0.4, -0.2) is 10.3 Å². The van der Waals surface area contributed by atoms with Crippen molar-refractivity contribution in [1.82, 2.24) is 5.16 Å². The highest BCUT2D eigenvalue weighted by Crippen LogP contribution is 2.33. The van der Waals surface area contributed by atoms with Gasteiger partial charge in [-0.1, -0.05) is 35.5 Å². The maximum absolute atomic E-state index is 11.3. The third-order valence-electron chi connectivity index (χ3n) is 3.61. The first-order valence-corrected chi connectivity index (χ1v) is 6.80. The molecule has 0 fully saturated rings. The molecule has 0 aliphatic rings. The first-order valence-electron chi connectivity index (χ1n) is 6.80. The molecule has 0 aliphatic heterocycles. The Labute approximate surface area is 124 Å². The van der Waals surface area contributed by atoms with E-state index >= 15 is 0 Å². The molecule has 2 aromatic heterocycles. The fraction of sp³-hybridized carbons (Fsp3) is 0.0588. The molecule has 0 aliphatic carbocycles. The van der Waals surface area contributed by atoms with Crippen molar-refractivity contribution in [3.8, 4) is 5.75 Å². The van der Waals surface area contributed by atoms with Crippen LogP contribution in [0.3, 0.4) is 0 Å². The van der Waals surface area contributed by atoms with Crippen LogP contribution in [-0.2, 0) is 6.42 Å². The normalized spacial score (nSPS) is 11.3. The van der Waals surface area contributed by atoms with Crippen molar-refractivity contribution < 1.29 is 14.0 Å². The minimum atomic E-state index is -0.603. The molecule has 0 saturated carbocycles. The molecule has 0 unspecified atom stereocenters. The zero-order valence-electron chi connectivity index (χ0n) is 11.4. The number of aromatic nitrogens is 1. The van der Waals surface area contributed by atoms with Crippen molar-refractivity contribution in [2.75, 3.05) is 0 Å². The molecule has 4 rings (SSSR count). The van der Waals surface area contributed by atoms with Gasteiger partial charge < -0.3 is 14.0 Å². The summed E-state index contributed by atoms with van der Waals surface area (Å²) in [6.07, 6.45) is 0.622. The molecule has 5 heteroatoms. The molecule has 1 N–H and O–H groups in total. The number of fused-ring (bicyclic) bond motifs is 3. The van der Waals surface area contributed by atoms with Gasteiger partial charge in [0.1, 0.15) is 16.7 Å². The van der Waals surface area contributed by atoms with Crippen molar-refractivity contribution in [2.24, 2.45) is 0 Å². The molecule has 0 atom stereocenters. The van der Waals surface area contributed by atoms with Gasteiger partial charge in [-0.25, -0.2) is 4.79 Å². The summed E-state index contributed by atoms with van der Waals surface area (Å²) in [6.45, 7) is 0. The number of rotatable bonds is 2. The second-order valence-corrected chi connectivity index (χ2v) is 5.06. The third-order valence-corrected chi connectivity index (χ3v) is 3.61. The lowest BCUT2D eigenvalue weighted by molar-refractivity contribution is 0.444. The molecular formula is C17H11NO4. The van der Waals surface area contributed by atoms with Crippen LogP contribution in [0.15, 0.2) is 62.3 Å². The highest BCUT2D eigenvalue weighted by molar-refractivity contribution is 6.05. The van der Waals surface area contributed by atoms with Gasteiger partial charge in [-0.15, -0.1) is 0 Å². The highest BCUT2D eigenvalue weighted by Gasteiger charge is 2.16. The molecule has 0 saturated heterocycles. The lowest BCUT2D eigenvalue weighted by atomic mass is 10.1. The third kappa shape index (κ3) is 1.95. The highest BCUT2D eigenvalue weighted by atomic mass is 16.5. The molecule has 2 heterocycles. The largest absolute Gasteiger partial charge is 0.507 e. The molecule has 108 valence electrons. The Balaban J connectivity index is 1.93. The average Bonchev–Trinajstić information content (AvgIpc) is 2.90. The maximum atomic E-state index is 11.3. The summed E-state index contributed by atoms with van der Waals surface area (Å²) < 4.78 is 10.5. The Hall–Kier alpha value is -3.08. The second-order valence-electron chi connectivity index (χ2n) is 5.06. The topological polar surface area (TPSA) is 76.5 Å². The molecular weight excluding hydrogens is 282 g/mol. The smallest absolute Gasteiger partial charge is 0.339 e. The SMILES string of the molecule is O=c1cc(O)c2c(ccc3c(Cc4ccccc4)noc32)o1. The summed E-state index contributed by atoms with van der Waals surface area (Å²) in [5.41, 5.74) is 1.98. The van der Waals surface area contributed by atoms with E-state index in [0.717, 1.165) is 22.7 Å². The van der Waals surface area contributed by atoms with Crippen LogP contribution in [0.4, 0.5) is 0 Å². The Kier molecular flexibility index (Phi) is 2.72. The average molecular weight is 293 g/mol. The summed E-state index contributed by atoms with van der Waals surface area (Å²) in [6, 6.07) is 14.4. The standard InChI is InChI=1S/C17H11NO4/c19-13-9-15(20)21-14-7-6-11-12(18-22-17(11)16(13)14)8-10-4-2-1-3-5-10/h1-7,9,19H,8H2. The summed E-state index contributed by atoms with van der Waals surface area (Å²) in [7, 11) is 0. The summed E-state index contributed by atoms with van der Waals surface area (Å²) in [5, 5.41) is 15.3. The fourth-order valence-corrected chi connectivity index (χ4v) is 2.60. The quantitative estimate of drug-likeness (QED) is 0.574. The van der Waals surface area contributed by atoms with Crippen molar-refractivity contribution in [1.29, 1.82) is 0 Å². The molecule has 0 bridgehead atoms. The van der Waals surface area contributed by atoms with Gasteiger partial charge in [0.15, 0.2) is 5.58 Å². The summed E-state index contributed by atoms with van der Waals surface area (Å²) in [4.78, 5) is 11.3. The van der Waals surface area contributed by atoms with Gasteiger partial charge in [-0.05, 0) is 17.7 Å². The van der Waals surface area contributed by atoms with Gasteiger partial charge in [-0.2, -0.15) is 0 Å². The van der Waals surface area contributed by atoms with Crippen LogP contribution in [0.1, 0.15) is 11.3 Å². The van der Waals surface area contributed by atoms with Gasteiger partial charge in [0, 0.05) is 11.8 Å². The number of hydrogen-bond acceptors (Lipinski definition) is 5. The van der Waals surface area contributed by atoms with Gasteiger partial charge in [0.25, 0.3) is 0 Å². The van der Waals surface area contributed by atoms with Crippen LogP contribution >= 0.6 is 0 Å². The molecule has 5 nitrogen and oxygen atoms in total. The van der Waals surface area contributed by atoms with Gasteiger partial charge in [-0.3, -0.25) is 0 Å². The van der Waals surface area contributed by atoms with E-state index in [1.807, 2.05) is 30.3 Å². The van der Waals surface area contributed by atoms with Crippen LogP contribution in [0.2, 0.25) is 0 Å². The zero-order valence-corrected chi connectivity index (χ0v) is 11.4. The minimum Gasteiger partial charge on any atom is -0.507 e. The van der Waals surface area contributed by atoms with E-state index in [1.54, 1.807) is 12.1 Å². The molecule has 22 heavy (non-hydrogen) atoms. The van der Waals surface area contributed by atoms with Gasteiger partial charge >= 0.3 is 5.63 Å². The molecule has 4 aromatic rings. The van der Waals surface area contributed by atoms with Crippen molar-refractivity contribution in [3.05, 3.63) is 70.2 Å². The lowest BCUT2D eigenvalue weighted by Crippen LogP contribution is -1.95. The van der Waals surface area contributed by atoms with Gasteiger partial charge in [0.2, 0.25) is 0 Å². The van der Waals surface area contributed by atoms with Crippen molar-refractivity contribution in [3.63, 3.8) is 0 Å². The number of nitrogens with zero attached hydrogens (tertiary/aromatic N) is 1. The Morgan fingerprint density at radius 3 is 2.73 bits per heavy atom. The maximum Gasteiger partial charge on any atom is 0.339 e. The summed E-state index contributed by atoms with van der Waals surface area (Å²) in [5.74, 6) is -0.167. The Morgan fingerprint density at radius 1 is 1.09 bits per heavy atom. The second kappa shape index (κ2) is 4.73. The van der Waals surface area contributed by atoms with Crippen LogP contribution in [0.25, 0.3) is 21.9 Å². The first kappa shape index (κ1) is 12.6. The van der Waals surface area contributed by atoms with E-state index in [9.17, 15) is 9.90 Å². The minimum absolute atomic E-state index is 0.167. The van der Waals surface area contributed by atoms with E-state index in [2.05, 4.69) is 5.16 Å². The van der Waals surface area contributed by atoms with Crippen LogP contribution in [0, 0.1) is 0 Å². The number of benzene rings is 2. The zero-order chi connectivity index (χ0) is 15.1. The molecule has 0 amide bonds. The number of aromatic hydroxyl groups is 1. The van der Waals surface area contributed by atoms with Crippen molar-refractivity contribution >= 4 is 21.9 Å². The molecule has 0 radical (unpaired) electrons. The van der Waals surface area contributed by atoms with E-state index in [4.69, 9.17) is 8.94 Å². The van der Waals surface area contributed by atoms with E-state index in [-0.39, 0.29) is 11.3 Å². The predicted molar refractivity (Wildman–Crippen MR) is 81.0 cm³/mol. The lowest BCUT2D eigenvalue weighted by Gasteiger charge is -2.00. The first-order chi connectivity index (χ1) is 10.7. The monoisotopic (exact) mass is 293 g/mol. The summed E-state index contributed by atoms with van der Waals surface area (Å²) >= 11 is 0. The Bertz CT molecular complexity index is 1030. The fourth-order valence-electron chi connectivity index (χ4n) is 2.60. The predicted octanol–water partition coefficient (Wildman–Crippen LogP) is 3.23. The van der Waals surface area contributed by atoms with E-state index in [1.165, 1.54) is 0 Å². The molecule has 0 spiro atoms.